The molecule has 3 fully saturated rings. The van der Waals surface area contributed by atoms with Gasteiger partial charge in [0.15, 0.2) is 0 Å². The number of carbonyl (C=O) groups excluding carboxylic acids is 2. The van der Waals surface area contributed by atoms with Crippen LogP contribution >= 0.6 is 0 Å². The van der Waals surface area contributed by atoms with E-state index < -0.39 is 0 Å². The minimum Gasteiger partial charge on any atom is -0.337 e. The van der Waals surface area contributed by atoms with Crippen molar-refractivity contribution >= 4 is 11.8 Å². The fourth-order valence-corrected chi connectivity index (χ4v) is 4.26. The molecule has 3 rings (SSSR count). The lowest BCUT2D eigenvalue weighted by Crippen LogP contribution is -2.52. The van der Waals surface area contributed by atoms with Gasteiger partial charge in [-0.1, -0.05) is 32.1 Å². The van der Waals surface area contributed by atoms with Crippen LogP contribution < -0.4 is 0 Å². The summed E-state index contributed by atoms with van der Waals surface area (Å²) in [6.45, 7) is 1.43. The Labute approximate surface area is 127 Å². The number of amides is 2. The Morgan fingerprint density at radius 3 is 2.14 bits per heavy atom. The molecule has 1 unspecified atom stereocenters. The largest absolute Gasteiger partial charge is 0.337 e. The highest BCUT2D eigenvalue weighted by Gasteiger charge is 2.39. The van der Waals surface area contributed by atoms with Gasteiger partial charge in [-0.05, 0) is 32.1 Å². The fraction of sp³-hybridized carbons (Fsp3) is 0.882. The van der Waals surface area contributed by atoms with Gasteiger partial charge in [-0.3, -0.25) is 9.59 Å². The van der Waals surface area contributed by atoms with Crippen LogP contribution in [0.4, 0.5) is 0 Å². The fourth-order valence-electron chi connectivity index (χ4n) is 4.26. The van der Waals surface area contributed by atoms with E-state index in [4.69, 9.17) is 0 Å². The highest BCUT2D eigenvalue weighted by atomic mass is 16.2. The lowest BCUT2D eigenvalue weighted by atomic mass is 9.94. The maximum atomic E-state index is 13.0. The predicted molar refractivity (Wildman–Crippen MR) is 81.8 cm³/mol. The monoisotopic (exact) mass is 292 g/mol. The van der Waals surface area contributed by atoms with Crippen LogP contribution in [0.3, 0.4) is 0 Å². The summed E-state index contributed by atoms with van der Waals surface area (Å²) in [5.74, 6) is 0.438. The van der Waals surface area contributed by atoms with Crippen molar-refractivity contribution in [3.05, 3.63) is 0 Å². The molecule has 21 heavy (non-hydrogen) atoms. The zero-order chi connectivity index (χ0) is 14.7. The highest BCUT2D eigenvalue weighted by molar-refractivity contribution is 5.90. The molecule has 3 aliphatic rings. The van der Waals surface area contributed by atoms with Gasteiger partial charge in [-0.25, -0.2) is 0 Å². The molecule has 2 saturated heterocycles. The lowest BCUT2D eigenvalue weighted by Gasteiger charge is -2.37. The minimum absolute atomic E-state index is 0.154. The topological polar surface area (TPSA) is 40.6 Å². The maximum absolute atomic E-state index is 13.0. The molecule has 2 heterocycles. The number of hydrogen-bond donors (Lipinski definition) is 0. The Kier molecular flexibility index (Phi) is 4.81. The molecule has 4 heteroatoms. The molecule has 0 radical (unpaired) electrons. The van der Waals surface area contributed by atoms with Crippen molar-refractivity contribution in [3.63, 3.8) is 0 Å². The SMILES string of the molecule is O=C1C2CCCCN2C(=O)CCN1C1CCCCCCC1. The molecule has 0 aromatic carbocycles. The van der Waals surface area contributed by atoms with E-state index in [-0.39, 0.29) is 17.9 Å². The molecule has 4 nitrogen and oxygen atoms in total. The van der Waals surface area contributed by atoms with Crippen LogP contribution in [0.15, 0.2) is 0 Å². The van der Waals surface area contributed by atoms with E-state index in [0.717, 1.165) is 38.6 Å². The van der Waals surface area contributed by atoms with Gasteiger partial charge in [0.25, 0.3) is 0 Å². The predicted octanol–water partition coefficient (Wildman–Crippen LogP) is 2.71. The van der Waals surface area contributed by atoms with Crippen LogP contribution in [0.25, 0.3) is 0 Å². The third-order valence-electron chi connectivity index (χ3n) is 5.47. The summed E-state index contributed by atoms with van der Waals surface area (Å²) in [7, 11) is 0. The molecule has 1 aliphatic carbocycles. The van der Waals surface area contributed by atoms with E-state index >= 15 is 0 Å². The zero-order valence-corrected chi connectivity index (χ0v) is 13.1. The van der Waals surface area contributed by atoms with Gasteiger partial charge in [-0.2, -0.15) is 0 Å². The smallest absolute Gasteiger partial charge is 0.245 e. The summed E-state index contributed by atoms with van der Waals surface area (Å²) in [6.07, 6.45) is 12.2. The lowest BCUT2D eigenvalue weighted by molar-refractivity contribution is -0.144. The molecule has 0 N–H and O–H groups in total. The summed E-state index contributed by atoms with van der Waals surface area (Å²) >= 11 is 0. The molecular weight excluding hydrogens is 264 g/mol. The molecule has 2 aliphatic heterocycles. The van der Waals surface area contributed by atoms with Crippen molar-refractivity contribution in [1.29, 1.82) is 0 Å². The molecule has 0 aromatic rings. The number of fused-ring (bicyclic) bond motifs is 1. The molecule has 1 atom stereocenters. The van der Waals surface area contributed by atoms with Crippen molar-refractivity contribution in [2.75, 3.05) is 13.1 Å². The van der Waals surface area contributed by atoms with Crippen LogP contribution in [-0.4, -0.2) is 46.8 Å². The zero-order valence-electron chi connectivity index (χ0n) is 13.1. The second kappa shape index (κ2) is 6.80. The molecular formula is C17H28N2O2. The average molecular weight is 292 g/mol. The number of hydrogen-bond acceptors (Lipinski definition) is 2. The first-order valence-corrected chi connectivity index (χ1v) is 8.87. The van der Waals surface area contributed by atoms with Crippen LogP contribution in [0.2, 0.25) is 0 Å². The first kappa shape index (κ1) is 14.9. The second-order valence-corrected chi connectivity index (χ2v) is 6.88. The van der Waals surface area contributed by atoms with Gasteiger partial charge >= 0.3 is 0 Å². The third kappa shape index (κ3) is 3.24. The Bertz CT molecular complexity index is 388. The van der Waals surface area contributed by atoms with Crippen LogP contribution in [0, 0.1) is 0 Å². The third-order valence-corrected chi connectivity index (χ3v) is 5.47. The van der Waals surface area contributed by atoms with Gasteiger partial charge in [0.2, 0.25) is 11.8 Å². The summed E-state index contributed by atoms with van der Waals surface area (Å²) in [6, 6.07) is 0.228. The quantitative estimate of drug-likeness (QED) is 0.745. The Morgan fingerprint density at radius 1 is 0.714 bits per heavy atom. The maximum Gasteiger partial charge on any atom is 0.245 e. The van der Waals surface area contributed by atoms with Gasteiger partial charge in [0, 0.05) is 25.6 Å². The molecule has 2 amide bonds. The molecule has 0 spiro atoms. The summed E-state index contributed by atoms with van der Waals surface area (Å²) in [5.41, 5.74) is 0. The molecule has 0 aromatic heterocycles. The Balaban J connectivity index is 1.74. The Morgan fingerprint density at radius 2 is 1.38 bits per heavy atom. The molecule has 0 bridgehead atoms. The minimum atomic E-state index is -0.154. The van der Waals surface area contributed by atoms with Gasteiger partial charge in [-0.15, -0.1) is 0 Å². The van der Waals surface area contributed by atoms with E-state index in [1.807, 2.05) is 4.90 Å². The van der Waals surface area contributed by atoms with E-state index in [2.05, 4.69) is 4.90 Å². The summed E-state index contributed by atoms with van der Waals surface area (Å²) in [5, 5.41) is 0. The first-order valence-electron chi connectivity index (χ1n) is 8.87. The van der Waals surface area contributed by atoms with Gasteiger partial charge < -0.3 is 9.80 Å². The molecule has 1 saturated carbocycles. The first-order chi connectivity index (χ1) is 10.3. The van der Waals surface area contributed by atoms with Crippen molar-refractivity contribution in [2.45, 2.75) is 82.7 Å². The summed E-state index contributed by atoms with van der Waals surface area (Å²) < 4.78 is 0. The van der Waals surface area contributed by atoms with Crippen LogP contribution in [-0.2, 0) is 9.59 Å². The van der Waals surface area contributed by atoms with E-state index in [0.29, 0.717) is 19.0 Å². The van der Waals surface area contributed by atoms with E-state index in [1.165, 1.54) is 32.1 Å². The molecule has 118 valence electrons. The normalized spacial score (nSPS) is 29.6. The average Bonchev–Trinajstić information content (AvgIpc) is 2.59. The number of nitrogens with zero attached hydrogens (tertiary/aromatic N) is 2. The van der Waals surface area contributed by atoms with Crippen molar-refractivity contribution in [3.8, 4) is 0 Å². The van der Waals surface area contributed by atoms with Gasteiger partial charge in [0.1, 0.15) is 6.04 Å². The van der Waals surface area contributed by atoms with Crippen LogP contribution in [0.1, 0.15) is 70.6 Å². The van der Waals surface area contributed by atoms with Gasteiger partial charge in [0.05, 0.1) is 0 Å². The Hall–Kier alpha value is -1.06. The van der Waals surface area contributed by atoms with Crippen molar-refractivity contribution in [1.82, 2.24) is 9.80 Å². The summed E-state index contributed by atoms with van der Waals surface area (Å²) in [4.78, 5) is 29.2. The van der Waals surface area contributed by atoms with E-state index in [1.54, 1.807) is 0 Å². The van der Waals surface area contributed by atoms with E-state index in [9.17, 15) is 9.59 Å². The number of carbonyl (C=O) groups is 2. The number of piperidine rings is 1. The second-order valence-electron chi connectivity index (χ2n) is 6.88. The van der Waals surface area contributed by atoms with Crippen molar-refractivity contribution < 1.29 is 9.59 Å². The highest BCUT2D eigenvalue weighted by Crippen LogP contribution is 2.28. The number of rotatable bonds is 1. The van der Waals surface area contributed by atoms with Crippen molar-refractivity contribution in [2.24, 2.45) is 0 Å². The standard InChI is InChI=1S/C17H28N2O2/c20-16-11-13-18(14-8-4-2-1-3-5-9-14)17(21)15-10-6-7-12-19(15)16/h14-15H,1-13H2. The van der Waals surface area contributed by atoms with Crippen LogP contribution in [0.5, 0.6) is 0 Å².